The van der Waals surface area contributed by atoms with Gasteiger partial charge in [0.15, 0.2) is 11.5 Å². The molecule has 8 heteroatoms. The van der Waals surface area contributed by atoms with Gasteiger partial charge in [-0.3, -0.25) is 14.5 Å². The van der Waals surface area contributed by atoms with Crippen LogP contribution in [0.3, 0.4) is 0 Å². The first-order valence-corrected chi connectivity index (χ1v) is 12.6. The zero-order valence-electron chi connectivity index (χ0n) is 19.5. The third-order valence-corrected chi connectivity index (χ3v) is 7.05. The van der Waals surface area contributed by atoms with E-state index in [0.29, 0.717) is 28.0 Å². The topological polar surface area (TPSA) is 60.8 Å². The van der Waals surface area contributed by atoms with Crippen molar-refractivity contribution in [3.05, 3.63) is 100 Å². The summed E-state index contributed by atoms with van der Waals surface area (Å²) < 4.78 is 13.2. The van der Waals surface area contributed by atoms with E-state index < -0.39 is 0 Å². The molecule has 1 aliphatic rings. The van der Waals surface area contributed by atoms with Crippen molar-refractivity contribution in [2.45, 2.75) is 6.54 Å². The Labute approximate surface area is 218 Å². The standard InChI is InChI=1S/C28H23ClN2O4S/c1-34-24-8-4-5-9-25(24)35-15-14-31-27(32)26(36-28(31)33)16-20-18-30(23-7-3-2-6-22(20)23)17-19-10-12-21(29)13-11-19/h2-13,16,18H,14-15,17H2,1H3/b26-16-. The fraction of sp³-hybridized carbons (Fsp3) is 0.143. The highest BCUT2D eigenvalue weighted by Crippen LogP contribution is 2.34. The Balaban J connectivity index is 1.34. The monoisotopic (exact) mass is 518 g/mol. The number of ether oxygens (including phenoxy) is 2. The molecule has 182 valence electrons. The number of para-hydroxylation sites is 3. The summed E-state index contributed by atoms with van der Waals surface area (Å²) >= 11 is 6.98. The molecular weight excluding hydrogens is 496 g/mol. The van der Waals surface area contributed by atoms with Crippen molar-refractivity contribution in [3.63, 3.8) is 0 Å². The van der Waals surface area contributed by atoms with Gasteiger partial charge in [-0.25, -0.2) is 0 Å². The molecule has 1 saturated heterocycles. The summed E-state index contributed by atoms with van der Waals surface area (Å²) in [4.78, 5) is 27.3. The number of carbonyl (C=O) groups excluding carboxylic acids is 2. The van der Waals surface area contributed by atoms with Crippen LogP contribution < -0.4 is 9.47 Å². The number of rotatable bonds is 8. The van der Waals surface area contributed by atoms with Crippen LogP contribution in [0.5, 0.6) is 11.5 Å². The number of amides is 2. The van der Waals surface area contributed by atoms with E-state index in [1.807, 2.05) is 66.9 Å². The van der Waals surface area contributed by atoms with Crippen LogP contribution in [0.25, 0.3) is 17.0 Å². The molecular formula is C28H23ClN2O4S. The SMILES string of the molecule is COc1ccccc1OCCN1C(=O)S/C(=C\c2cn(Cc3ccc(Cl)cc3)c3ccccc23)C1=O. The van der Waals surface area contributed by atoms with Gasteiger partial charge >= 0.3 is 0 Å². The fourth-order valence-electron chi connectivity index (χ4n) is 4.13. The lowest BCUT2D eigenvalue weighted by molar-refractivity contribution is -0.123. The molecule has 2 heterocycles. The molecule has 3 aromatic carbocycles. The van der Waals surface area contributed by atoms with Crippen LogP contribution in [0.15, 0.2) is 83.9 Å². The molecule has 4 aromatic rings. The average molecular weight is 519 g/mol. The third-order valence-electron chi connectivity index (χ3n) is 5.89. The first kappa shape index (κ1) is 24.0. The molecule has 0 saturated carbocycles. The Morgan fingerprint density at radius 2 is 1.67 bits per heavy atom. The number of aromatic nitrogens is 1. The number of methoxy groups -OCH3 is 1. The third kappa shape index (κ3) is 4.98. The number of hydrogen-bond donors (Lipinski definition) is 0. The van der Waals surface area contributed by atoms with Crippen LogP contribution in [0.2, 0.25) is 5.02 Å². The van der Waals surface area contributed by atoms with Gasteiger partial charge in [0.1, 0.15) is 6.61 Å². The Morgan fingerprint density at radius 3 is 2.44 bits per heavy atom. The van der Waals surface area contributed by atoms with Crippen molar-refractivity contribution in [2.75, 3.05) is 20.3 Å². The number of benzene rings is 3. The van der Waals surface area contributed by atoms with Gasteiger partial charge in [0.05, 0.1) is 18.6 Å². The maximum absolute atomic E-state index is 13.1. The molecule has 2 amide bonds. The van der Waals surface area contributed by atoms with E-state index in [9.17, 15) is 9.59 Å². The molecule has 0 unspecified atom stereocenters. The molecule has 6 nitrogen and oxygen atoms in total. The van der Waals surface area contributed by atoms with Crippen LogP contribution >= 0.6 is 23.4 Å². The van der Waals surface area contributed by atoms with Crippen molar-refractivity contribution < 1.29 is 19.1 Å². The zero-order chi connectivity index (χ0) is 25.1. The van der Waals surface area contributed by atoms with Gasteiger partial charge < -0.3 is 14.0 Å². The van der Waals surface area contributed by atoms with E-state index in [1.54, 1.807) is 25.3 Å². The largest absolute Gasteiger partial charge is 0.493 e. The van der Waals surface area contributed by atoms with E-state index in [0.717, 1.165) is 33.8 Å². The van der Waals surface area contributed by atoms with Crippen LogP contribution in [-0.4, -0.2) is 40.9 Å². The summed E-state index contributed by atoms with van der Waals surface area (Å²) in [6.45, 7) is 0.984. The lowest BCUT2D eigenvalue weighted by atomic mass is 10.1. The molecule has 0 atom stereocenters. The first-order valence-electron chi connectivity index (χ1n) is 11.4. The molecule has 5 rings (SSSR count). The van der Waals surface area contributed by atoms with Crippen molar-refractivity contribution in [1.82, 2.24) is 9.47 Å². The second kappa shape index (κ2) is 10.5. The molecule has 1 aromatic heterocycles. The smallest absolute Gasteiger partial charge is 0.293 e. The molecule has 0 spiro atoms. The van der Waals surface area contributed by atoms with Crippen LogP contribution in [0.4, 0.5) is 4.79 Å². The van der Waals surface area contributed by atoms with Crippen molar-refractivity contribution in [1.29, 1.82) is 0 Å². The van der Waals surface area contributed by atoms with Crippen LogP contribution in [0, 0.1) is 0 Å². The summed E-state index contributed by atoms with van der Waals surface area (Å²) in [5.74, 6) is 0.848. The quantitative estimate of drug-likeness (QED) is 0.250. The highest BCUT2D eigenvalue weighted by atomic mass is 35.5. The number of nitrogens with zero attached hydrogens (tertiary/aromatic N) is 2. The van der Waals surface area contributed by atoms with Gasteiger partial charge in [0.2, 0.25) is 0 Å². The normalized spacial score (nSPS) is 14.7. The predicted octanol–water partition coefficient (Wildman–Crippen LogP) is 6.47. The summed E-state index contributed by atoms with van der Waals surface area (Å²) in [5, 5.41) is 1.40. The van der Waals surface area contributed by atoms with E-state index in [2.05, 4.69) is 4.57 Å². The van der Waals surface area contributed by atoms with Crippen molar-refractivity contribution in [3.8, 4) is 11.5 Å². The Hall–Kier alpha value is -3.68. The molecule has 0 N–H and O–H groups in total. The summed E-state index contributed by atoms with van der Waals surface area (Å²) in [6.07, 6.45) is 3.81. The highest BCUT2D eigenvalue weighted by molar-refractivity contribution is 8.18. The second-order valence-corrected chi connectivity index (χ2v) is 9.62. The number of fused-ring (bicyclic) bond motifs is 1. The average Bonchev–Trinajstić information content (AvgIpc) is 3.37. The second-order valence-electron chi connectivity index (χ2n) is 8.19. The lowest BCUT2D eigenvalue weighted by Crippen LogP contribution is -2.32. The Kier molecular flexibility index (Phi) is 7.02. The van der Waals surface area contributed by atoms with Crippen molar-refractivity contribution in [2.24, 2.45) is 0 Å². The first-order chi connectivity index (χ1) is 17.5. The molecule has 36 heavy (non-hydrogen) atoms. The fourth-order valence-corrected chi connectivity index (χ4v) is 5.11. The maximum Gasteiger partial charge on any atom is 0.293 e. The van der Waals surface area contributed by atoms with Crippen molar-refractivity contribution >= 4 is 51.5 Å². The minimum Gasteiger partial charge on any atom is -0.493 e. The molecule has 0 radical (unpaired) electrons. The minimum absolute atomic E-state index is 0.151. The van der Waals surface area contributed by atoms with Gasteiger partial charge in [-0.05, 0) is 53.7 Å². The van der Waals surface area contributed by atoms with E-state index in [4.69, 9.17) is 21.1 Å². The molecule has 0 bridgehead atoms. The molecule has 1 aliphatic heterocycles. The number of halogens is 1. The van der Waals surface area contributed by atoms with Gasteiger partial charge in [-0.1, -0.05) is 54.1 Å². The van der Waals surface area contributed by atoms with E-state index in [1.165, 1.54) is 4.90 Å². The van der Waals surface area contributed by atoms with Gasteiger partial charge in [0, 0.05) is 34.2 Å². The van der Waals surface area contributed by atoms with Gasteiger partial charge in [-0.15, -0.1) is 0 Å². The van der Waals surface area contributed by atoms with E-state index >= 15 is 0 Å². The predicted molar refractivity (Wildman–Crippen MR) is 144 cm³/mol. The Bertz CT molecular complexity index is 1460. The maximum atomic E-state index is 13.1. The van der Waals surface area contributed by atoms with Crippen LogP contribution in [0.1, 0.15) is 11.1 Å². The minimum atomic E-state index is -0.317. The Morgan fingerprint density at radius 1 is 0.944 bits per heavy atom. The summed E-state index contributed by atoms with van der Waals surface area (Å²) in [5.41, 5.74) is 3.04. The highest BCUT2D eigenvalue weighted by Gasteiger charge is 2.35. The number of hydrogen-bond acceptors (Lipinski definition) is 5. The van der Waals surface area contributed by atoms with Crippen LogP contribution in [-0.2, 0) is 11.3 Å². The summed E-state index contributed by atoms with van der Waals surface area (Å²) in [6, 6.07) is 23.0. The molecule has 0 aliphatic carbocycles. The summed E-state index contributed by atoms with van der Waals surface area (Å²) in [7, 11) is 1.57. The van der Waals surface area contributed by atoms with E-state index in [-0.39, 0.29) is 24.3 Å². The number of imide groups is 1. The zero-order valence-corrected chi connectivity index (χ0v) is 21.1. The lowest BCUT2D eigenvalue weighted by Gasteiger charge is -2.14. The number of carbonyl (C=O) groups is 2. The number of thioether (sulfide) groups is 1. The van der Waals surface area contributed by atoms with Gasteiger partial charge in [0.25, 0.3) is 11.1 Å². The van der Waals surface area contributed by atoms with Gasteiger partial charge in [-0.2, -0.15) is 0 Å². The molecule has 1 fully saturated rings.